The Morgan fingerprint density at radius 2 is 1.84 bits per heavy atom. The second kappa shape index (κ2) is 6.25. The zero-order chi connectivity index (χ0) is 17.4. The van der Waals surface area contributed by atoms with Crippen molar-refractivity contribution in [2.24, 2.45) is 10.1 Å². The molecule has 2 atom stereocenters. The van der Waals surface area contributed by atoms with Crippen LogP contribution in [0.2, 0.25) is 0 Å². The molecule has 0 aliphatic carbocycles. The topological polar surface area (TPSA) is 63.5 Å². The van der Waals surface area contributed by atoms with Gasteiger partial charge in [0.25, 0.3) is 5.91 Å². The van der Waals surface area contributed by atoms with Crippen molar-refractivity contribution < 1.29 is 14.3 Å². The second-order valence-electron chi connectivity index (χ2n) is 5.60. The van der Waals surface area contributed by atoms with E-state index in [1.165, 1.54) is 5.01 Å². The first kappa shape index (κ1) is 15.7. The minimum absolute atomic E-state index is 0.176. The fourth-order valence-electron chi connectivity index (χ4n) is 2.71. The number of nitrogens with zero attached hydrogens (tertiary/aromatic N) is 3. The van der Waals surface area contributed by atoms with E-state index < -0.39 is 11.3 Å². The van der Waals surface area contributed by atoms with Crippen molar-refractivity contribution in [2.75, 3.05) is 7.11 Å². The molecule has 2 aromatic rings. The minimum atomic E-state index is -0.639. The summed E-state index contributed by atoms with van der Waals surface area (Å²) in [5.41, 5.74) is 1.64. The molecule has 2 aliphatic rings. The number of fused-ring (bicyclic) bond motifs is 1. The Balaban J connectivity index is 1.66. The number of thiol groups is 1. The lowest BCUT2D eigenvalue weighted by Gasteiger charge is -2.27. The van der Waals surface area contributed by atoms with Crippen LogP contribution >= 0.6 is 12.6 Å². The monoisotopic (exact) mass is 353 g/mol. The molecule has 6 nitrogen and oxygen atoms in total. The van der Waals surface area contributed by atoms with E-state index in [0.29, 0.717) is 5.90 Å². The molecule has 0 fully saturated rings. The van der Waals surface area contributed by atoms with Crippen LogP contribution < -0.4 is 4.74 Å². The largest absolute Gasteiger partial charge is 0.497 e. The summed E-state index contributed by atoms with van der Waals surface area (Å²) in [6.07, 6.45) is 0. The third-order valence-corrected chi connectivity index (χ3v) is 4.55. The highest BCUT2D eigenvalue weighted by atomic mass is 32.1. The number of aliphatic imine (C=N–C) groups is 1. The van der Waals surface area contributed by atoms with Gasteiger partial charge in [0.1, 0.15) is 17.0 Å². The molecule has 25 heavy (non-hydrogen) atoms. The molecule has 2 aromatic carbocycles. The van der Waals surface area contributed by atoms with Crippen molar-refractivity contribution in [3.63, 3.8) is 0 Å². The van der Waals surface area contributed by atoms with Crippen LogP contribution in [0.3, 0.4) is 0 Å². The highest BCUT2D eigenvalue weighted by Crippen LogP contribution is 2.33. The van der Waals surface area contributed by atoms with E-state index in [9.17, 15) is 4.79 Å². The maximum atomic E-state index is 12.6. The van der Waals surface area contributed by atoms with Gasteiger partial charge in [-0.2, -0.15) is 12.6 Å². The van der Waals surface area contributed by atoms with E-state index in [1.54, 1.807) is 7.11 Å². The molecule has 0 radical (unpaired) electrons. The fraction of sp³-hybridized carbons (Fsp3) is 0.167. The molecule has 4 rings (SSSR count). The zero-order valence-corrected chi connectivity index (χ0v) is 14.3. The molecule has 0 N–H and O–H groups in total. The maximum Gasteiger partial charge on any atom is 0.323 e. The number of methoxy groups -OCH3 is 1. The van der Waals surface area contributed by atoms with Gasteiger partial charge >= 0.3 is 6.02 Å². The van der Waals surface area contributed by atoms with Crippen LogP contribution in [0.5, 0.6) is 5.75 Å². The molecule has 1 amide bonds. The van der Waals surface area contributed by atoms with E-state index >= 15 is 0 Å². The van der Waals surface area contributed by atoms with Crippen molar-refractivity contribution in [3.05, 3.63) is 65.7 Å². The van der Waals surface area contributed by atoms with E-state index in [4.69, 9.17) is 9.47 Å². The van der Waals surface area contributed by atoms with Gasteiger partial charge in [0.15, 0.2) is 0 Å². The predicted octanol–water partition coefficient (Wildman–Crippen LogP) is 2.62. The maximum absolute atomic E-state index is 12.6. The lowest BCUT2D eigenvalue weighted by molar-refractivity contribution is -0.128. The third kappa shape index (κ3) is 2.76. The Bertz CT molecular complexity index is 865. The lowest BCUT2D eigenvalue weighted by atomic mass is 10.0. The molecule has 0 saturated carbocycles. The number of hydrogen-bond acceptors (Lipinski definition) is 6. The Labute approximate surface area is 150 Å². The van der Waals surface area contributed by atoms with Crippen LogP contribution in [0, 0.1) is 0 Å². The number of hydrogen-bond donors (Lipinski definition) is 1. The Kier molecular flexibility index (Phi) is 3.93. The van der Waals surface area contributed by atoms with Gasteiger partial charge < -0.3 is 9.47 Å². The van der Waals surface area contributed by atoms with Crippen molar-refractivity contribution in [1.29, 1.82) is 0 Å². The van der Waals surface area contributed by atoms with Crippen LogP contribution in [0.25, 0.3) is 0 Å². The van der Waals surface area contributed by atoms with Crippen molar-refractivity contribution in [1.82, 2.24) is 5.01 Å². The van der Waals surface area contributed by atoms with Crippen LogP contribution in [0.4, 0.5) is 0 Å². The van der Waals surface area contributed by atoms with Gasteiger partial charge in [-0.25, -0.2) is 4.99 Å². The molecule has 0 aromatic heterocycles. The normalized spacial score (nSPS) is 22.0. The Hall–Kier alpha value is -2.80. The van der Waals surface area contributed by atoms with E-state index in [1.807, 2.05) is 54.6 Å². The molecule has 7 heteroatoms. The summed E-state index contributed by atoms with van der Waals surface area (Å²) in [5, 5.41) is 4.79. The summed E-state index contributed by atoms with van der Waals surface area (Å²) < 4.78 is 10.9. The molecular formula is C18H15N3O3S. The average molecular weight is 353 g/mol. The minimum Gasteiger partial charge on any atom is -0.497 e. The number of ether oxygens (including phenoxy) is 2. The zero-order valence-electron chi connectivity index (χ0n) is 13.4. The van der Waals surface area contributed by atoms with Crippen molar-refractivity contribution >= 4 is 30.5 Å². The average Bonchev–Trinajstić information content (AvgIpc) is 3.10. The van der Waals surface area contributed by atoms with Gasteiger partial charge in [0, 0.05) is 5.56 Å². The summed E-state index contributed by atoms with van der Waals surface area (Å²) in [4.78, 5) is 17.2. The number of amides is 1. The molecule has 2 heterocycles. The molecule has 0 spiro atoms. The highest BCUT2D eigenvalue weighted by molar-refractivity contribution is 7.81. The summed E-state index contributed by atoms with van der Waals surface area (Å²) in [6, 6.07) is 16.5. The number of rotatable bonds is 3. The lowest BCUT2D eigenvalue weighted by Crippen LogP contribution is -2.42. The van der Waals surface area contributed by atoms with Crippen LogP contribution in [0.15, 0.2) is 64.7 Å². The smallest absolute Gasteiger partial charge is 0.323 e. The number of benzene rings is 2. The van der Waals surface area contributed by atoms with Crippen molar-refractivity contribution in [2.45, 2.75) is 11.3 Å². The van der Waals surface area contributed by atoms with Gasteiger partial charge in [-0.05, 0) is 29.8 Å². The Morgan fingerprint density at radius 3 is 2.52 bits per heavy atom. The van der Waals surface area contributed by atoms with Gasteiger partial charge in [-0.15, -0.1) is 10.1 Å². The van der Waals surface area contributed by atoms with E-state index in [0.717, 1.165) is 16.9 Å². The van der Waals surface area contributed by atoms with E-state index in [-0.39, 0.29) is 11.9 Å². The van der Waals surface area contributed by atoms with Crippen LogP contribution in [-0.2, 0) is 9.53 Å². The quantitative estimate of drug-likeness (QED) is 0.863. The molecule has 126 valence electrons. The standard InChI is InChI=1S/C18H15N3O3S/c1-23-13-9-7-11(8-10-13)14-15(25)17(22)21-18(19-14)24-16(20-21)12-5-3-2-4-6-12/h2-10,14-15,25H,1H3/t14-,15+/m1/s1. The number of carbonyl (C=O) groups is 1. The SMILES string of the molecule is COc1ccc([C@H]2N=C3OC(c4ccccc4)=NN3C(=O)[C@H]2S)cc1. The summed E-state index contributed by atoms with van der Waals surface area (Å²) in [6.45, 7) is 0. The first-order valence-corrected chi connectivity index (χ1v) is 8.24. The van der Waals surface area contributed by atoms with Gasteiger partial charge in [0.2, 0.25) is 5.90 Å². The summed E-state index contributed by atoms with van der Waals surface area (Å²) >= 11 is 4.46. The predicted molar refractivity (Wildman–Crippen MR) is 96.9 cm³/mol. The first-order valence-electron chi connectivity index (χ1n) is 7.73. The highest BCUT2D eigenvalue weighted by Gasteiger charge is 2.42. The molecule has 0 unspecified atom stereocenters. The van der Waals surface area contributed by atoms with E-state index in [2.05, 4.69) is 22.7 Å². The fourth-order valence-corrected chi connectivity index (χ4v) is 3.06. The van der Waals surface area contributed by atoms with Gasteiger partial charge in [-0.1, -0.05) is 30.3 Å². The summed E-state index contributed by atoms with van der Waals surface area (Å²) in [5.74, 6) is 0.825. The number of carbonyl (C=O) groups excluding carboxylic acids is 1. The molecule has 0 saturated heterocycles. The Morgan fingerprint density at radius 1 is 1.12 bits per heavy atom. The third-order valence-electron chi connectivity index (χ3n) is 4.05. The van der Waals surface area contributed by atoms with Gasteiger partial charge in [-0.3, -0.25) is 4.79 Å². The van der Waals surface area contributed by atoms with Crippen LogP contribution in [0.1, 0.15) is 17.2 Å². The summed E-state index contributed by atoms with van der Waals surface area (Å²) in [7, 11) is 1.60. The van der Waals surface area contributed by atoms with Crippen LogP contribution in [-0.4, -0.2) is 35.2 Å². The second-order valence-corrected chi connectivity index (χ2v) is 6.15. The molecule has 0 bridgehead atoms. The number of hydrazone groups is 1. The molecular weight excluding hydrogens is 338 g/mol. The van der Waals surface area contributed by atoms with Crippen molar-refractivity contribution in [3.8, 4) is 5.75 Å². The first-order chi connectivity index (χ1) is 12.2. The molecule has 2 aliphatic heterocycles. The number of amidine groups is 1. The van der Waals surface area contributed by atoms with Gasteiger partial charge in [0.05, 0.1) is 7.11 Å².